The van der Waals surface area contributed by atoms with Gasteiger partial charge in [0.05, 0.1) is 6.04 Å². The fourth-order valence-electron chi connectivity index (χ4n) is 2.59. The van der Waals surface area contributed by atoms with Crippen LogP contribution in [0.3, 0.4) is 0 Å². The molecule has 3 atom stereocenters. The van der Waals surface area contributed by atoms with Crippen LogP contribution in [0.4, 0.5) is 4.79 Å². The summed E-state index contributed by atoms with van der Waals surface area (Å²) in [6, 6.07) is -0.143. The van der Waals surface area contributed by atoms with Crippen LogP contribution in [-0.4, -0.2) is 40.9 Å². The first-order chi connectivity index (χ1) is 6.20. The molecule has 3 rings (SSSR count). The summed E-state index contributed by atoms with van der Waals surface area (Å²) in [6.07, 6.45) is 5.04. The van der Waals surface area contributed by atoms with Gasteiger partial charge in [0, 0.05) is 13.0 Å². The Bertz CT molecular complexity index is 307. The average molecular weight is 178 g/mol. The van der Waals surface area contributed by atoms with E-state index in [1.54, 1.807) is 11.9 Å². The number of amides is 3. The molecule has 68 valence electrons. The van der Waals surface area contributed by atoms with E-state index in [1.165, 1.54) is 4.90 Å². The van der Waals surface area contributed by atoms with Crippen LogP contribution in [0.25, 0.3) is 0 Å². The summed E-state index contributed by atoms with van der Waals surface area (Å²) in [5.41, 5.74) is 0. The zero-order valence-electron chi connectivity index (χ0n) is 7.30. The number of hydrogen-bond acceptors (Lipinski definition) is 2. The molecule has 2 heterocycles. The van der Waals surface area contributed by atoms with E-state index in [2.05, 4.69) is 6.08 Å². The average Bonchev–Trinajstić information content (AvgIpc) is 2.76. The van der Waals surface area contributed by atoms with Gasteiger partial charge in [-0.2, -0.15) is 0 Å². The van der Waals surface area contributed by atoms with Crippen molar-refractivity contribution in [3.63, 3.8) is 0 Å². The molecule has 4 nitrogen and oxygen atoms in total. The van der Waals surface area contributed by atoms with Gasteiger partial charge in [0.15, 0.2) is 0 Å². The number of rotatable bonds is 0. The van der Waals surface area contributed by atoms with Crippen molar-refractivity contribution in [2.24, 2.45) is 5.92 Å². The van der Waals surface area contributed by atoms with E-state index in [0.29, 0.717) is 0 Å². The molecule has 3 unspecified atom stereocenters. The fraction of sp³-hybridized carbons (Fsp3) is 0.556. The monoisotopic (exact) mass is 178 g/mol. The van der Waals surface area contributed by atoms with Gasteiger partial charge in [-0.15, -0.1) is 0 Å². The number of carbonyl (C=O) groups excluding carboxylic acids is 2. The first-order valence-corrected chi connectivity index (χ1v) is 4.48. The van der Waals surface area contributed by atoms with Crippen LogP contribution in [0.1, 0.15) is 6.42 Å². The number of likely N-dealkylation sites (N-methyl/N-ethyl adjacent to an activating group) is 1. The summed E-state index contributed by atoms with van der Waals surface area (Å²) in [4.78, 5) is 26.1. The van der Waals surface area contributed by atoms with Gasteiger partial charge in [-0.1, -0.05) is 12.2 Å². The normalized spacial score (nSPS) is 40.8. The lowest BCUT2D eigenvalue weighted by Crippen LogP contribution is -2.38. The topological polar surface area (TPSA) is 40.6 Å². The molecule has 0 aromatic rings. The van der Waals surface area contributed by atoms with Gasteiger partial charge < -0.3 is 4.90 Å². The van der Waals surface area contributed by atoms with Gasteiger partial charge in [-0.3, -0.25) is 9.69 Å². The van der Waals surface area contributed by atoms with Crippen LogP contribution in [0.15, 0.2) is 12.2 Å². The SMILES string of the molecule is CN1C(=O)C2C3C=CC(C3)N2C1=O. The number of imide groups is 1. The van der Waals surface area contributed by atoms with E-state index in [1.807, 2.05) is 6.08 Å². The molecule has 3 amide bonds. The summed E-state index contributed by atoms with van der Waals surface area (Å²) in [5.74, 6) is 0.230. The molecule has 0 spiro atoms. The lowest BCUT2D eigenvalue weighted by Gasteiger charge is -2.21. The number of fused-ring (bicyclic) bond motifs is 5. The maximum atomic E-state index is 11.6. The second-order valence-electron chi connectivity index (χ2n) is 3.88. The zero-order valence-corrected chi connectivity index (χ0v) is 7.30. The van der Waals surface area contributed by atoms with Gasteiger partial charge in [-0.05, 0) is 6.42 Å². The van der Waals surface area contributed by atoms with Crippen LogP contribution in [0.2, 0.25) is 0 Å². The molecular formula is C9H10N2O2. The predicted molar refractivity (Wildman–Crippen MR) is 44.8 cm³/mol. The van der Waals surface area contributed by atoms with E-state index in [0.717, 1.165) is 6.42 Å². The molecule has 3 aliphatic rings. The van der Waals surface area contributed by atoms with Crippen molar-refractivity contribution in [3.8, 4) is 0 Å². The molecule has 4 heteroatoms. The molecule has 0 aromatic heterocycles. The highest BCUT2D eigenvalue weighted by Gasteiger charge is 2.55. The Hall–Kier alpha value is -1.32. The molecule has 2 aliphatic heterocycles. The summed E-state index contributed by atoms with van der Waals surface area (Å²) in [7, 11) is 1.56. The molecule has 2 saturated heterocycles. The van der Waals surface area contributed by atoms with Crippen LogP contribution in [0.5, 0.6) is 0 Å². The molecule has 2 fully saturated rings. The maximum Gasteiger partial charge on any atom is 0.327 e. The van der Waals surface area contributed by atoms with Crippen molar-refractivity contribution in [2.45, 2.75) is 18.5 Å². The third kappa shape index (κ3) is 0.632. The highest BCUT2D eigenvalue weighted by molar-refractivity contribution is 6.05. The minimum absolute atomic E-state index is 0.0400. The standard InChI is InChI=1S/C9H10N2O2/c1-10-8(12)7-5-2-3-6(4-5)11(7)9(10)13/h2-3,5-7H,4H2,1H3. The number of urea groups is 1. The summed E-state index contributed by atoms with van der Waals surface area (Å²) in [5, 5.41) is 0. The lowest BCUT2D eigenvalue weighted by molar-refractivity contribution is -0.127. The van der Waals surface area contributed by atoms with Crippen molar-refractivity contribution in [1.82, 2.24) is 9.80 Å². The highest BCUT2D eigenvalue weighted by Crippen LogP contribution is 2.41. The van der Waals surface area contributed by atoms with Gasteiger partial charge in [-0.25, -0.2) is 4.79 Å². The van der Waals surface area contributed by atoms with Gasteiger partial charge in [0.2, 0.25) is 0 Å². The van der Waals surface area contributed by atoms with Crippen LogP contribution in [0, 0.1) is 5.92 Å². The van der Waals surface area contributed by atoms with Crippen molar-refractivity contribution >= 4 is 11.9 Å². The Morgan fingerprint density at radius 3 is 2.85 bits per heavy atom. The molecule has 0 radical (unpaired) electrons. The van der Waals surface area contributed by atoms with Crippen molar-refractivity contribution in [3.05, 3.63) is 12.2 Å². The first kappa shape index (κ1) is 7.12. The van der Waals surface area contributed by atoms with Crippen molar-refractivity contribution in [2.75, 3.05) is 7.05 Å². The Kier molecular flexibility index (Phi) is 1.07. The number of hydrogen-bond donors (Lipinski definition) is 0. The Morgan fingerprint density at radius 1 is 1.38 bits per heavy atom. The first-order valence-electron chi connectivity index (χ1n) is 4.48. The summed E-state index contributed by atoms with van der Waals surface area (Å²) < 4.78 is 0. The molecule has 0 aromatic carbocycles. The van der Waals surface area contributed by atoms with Crippen LogP contribution < -0.4 is 0 Å². The van der Waals surface area contributed by atoms with E-state index in [9.17, 15) is 9.59 Å². The van der Waals surface area contributed by atoms with E-state index in [-0.39, 0.29) is 29.9 Å². The zero-order chi connectivity index (χ0) is 9.16. The van der Waals surface area contributed by atoms with E-state index >= 15 is 0 Å². The Labute approximate surface area is 75.8 Å². The lowest BCUT2D eigenvalue weighted by atomic mass is 10.0. The third-order valence-electron chi connectivity index (χ3n) is 3.25. The molecule has 13 heavy (non-hydrogen) atoms. The van der Waals surface area contributed by atoms with Crippen LogP contribution >= 0.6 is 0 Å². The van der Waals surface area contributed by atoms with Crippen molar-refractivity contribution < 1.29 is 9.59 Å². The van der Waals surface area contributed by atoms with Crippen molar-refractivity contribution in [1.29, 1.82) is 0 Å². The summed E-state index contributed by atoms with van der Waals surface area (Å²) >= 11 is 0. The predicted octanol–water partition coefficient (Wildman–Crippen LogP) is 0.207. The molecule has 0 N–H and O–H groups in total. The second kappa shape index (κ2) is 1.95. The highest BCUT2D eigenvalue weighted by atomic mass is 16.2. The summed E-state index contributed by atoms with van der Waals surface area (Å²) in [6.45, 7) is 0. The molecule has 0 saturated carbocycles. The maximum absolute atomic E-state index is 11.6. The smallest absolute Gasteiger partial charge is 0.305 e. The Balaban J connectivity index is 2.08. The minimum Gasteiger partial charge on any atom is -0.305 e. The second-order valence-corrected chi connectivity index (χ2v) is 3.88. The van der Waals surface area contributed by atoms with Gasteiger partial charge >= 0.3 is 6.03 Å². The third-order valence-corrected chi connectivity index (χ3v) is 3.25. The fourth-order valence-corrected chi connectivity index (χ4v) is 2.59. The number of nitrogens with zero attached hydrogens (tertiary/aromatic N) is 2. The Morgan fingerprint density at radius 2 is 2.15 bits per heavy atom. The quantitative estimate of drug-likeness (QED) is 0.393. The number of carbonyl (C=O) groups is 2. The van der Waals surface area contributed by atoms with Gasteiger partial charge in [0.25, 0.3) is 5.91 Å². The van der Waals surface area contributed by atoms with E-state index < -0.39 is 0 Å². The van der Waals surface area contributed by atoms with Crippen LogP contribution in [-0.2, 0) is 4.79 Å². The molecule has 1 aliphatic carbocycles. The van der Waals surface area contributed by atoms with Gasteiger partial charge in [0.1, 0.15) is 6.04 Å². The van der Waals surface area contributed by atoms with E-state index in [4.69, 9.17) is 0 Å². The molecule has 2 bridgehead atoms. The minimum atomic E-state index is -0.188. The molecular weight excluding hydrogens is 168 g/mol. The largest absolute Gasteiger partial charge is 0.327 e.